The van der Waals surface area contributed by atoms with Gasteiger partial charge in [0.25, 0.3) is 0 Å². The molecule has 0 aliphatic rings. The minimum absolute atomic E-state index is 0.283. The summed E-state index contributed by atoms with van der Waals surface area (Å²) in [5, 5.41) is 3.26. The predicted octanol–water partition coefficient (Wildman–Crippen LogP) is 4.35. The average molecular weight is 312 g/mol. The first-order valence-electron chi connectivity index (χ1n) is 5.95. The largest absolute Gasteiger partial charge is 0.460 e. The first kappa shape index (κ1) is 13.3. The van der Waals surface area contributed by atoms with Crippen LogP contribution in [0.25, 0.3) is 11.3 Å². The highest BCUT2D eigenvalue weighted by Gasteiger charge is 2.07. The molecule has 0 aliphatic heterocycles. The molecule has 18 heavy (non-hydrogen) atoms. The van der Waals surface area contributed by atoms with Gasteiger partial charge in [0.05, 0.1) is 11.0 Å². The van der Waals surface area contributed by atoms with Crippen LogP contribution in [0.2, 0.25) is 0 Å². The Hall–Kier alpha value is -1.13. The predicted molar refractivity (Wildman–Crippen MR) is 73.8 cm³/mol. The topological polar surface area (TPSA) is 25.2 Å². The second-order valence-corrected chi connectivity index (χ2v) is 4.93. The molecule has 0 bridgehead atoms. The van der Waals surface area contributed by atoms with Gasteiger partial charge in [-0.05, 0) is 59.2 Å². The van der Waals surface area contributed by atoms with Crippen LogP contribution in [0.15, 0.2) is 39.2 Å². The molecule has 1 N–H and O–H groups in total. The van der Waals surface area contributed by atoms with E-state index in [9.17, 15) is 4.39 Å². The number of furan rings is 1. The van der Waals surface area contributed by atoms with Gasteiger partial charge < -0.3 is 9.73 Å². The third kappa shape index (κ3) is 3.21. The zero-order chi connectivity index (χ0) is 13.0. The van der Waals surface area contributed by atoms with Crippen molar-refractivity contribution in [3.63, 3.8) is 0 Å². The van der Waals surface area contributed by atoms with E-state index < -0.39 is 0 Å². The van der Waals surface area contributed by atoms with E-state index in [4.69, 9.17) is 4.42 Å². The van der Waals surface area contributed by atoms with E-state index >= 15 is 0 Å². The number of hydrogen-bond acceptors (Lipinski definition) is 2. The lowest BCUT2D eigenvalue weighted by Gasteiger charge is -2.01. The standard InChI is InChI=1S/C14H15BrFNO/c1-2-7-17-9-11-4-6-14(18-11)10-3-5-12(15)13(16)8-10/h3-6,8,17H,2,7,9H2,1H3. The van der Waals surface area contributed by atoms with E-state index in [1.807, 2.05) is 18.2 Å². The molecule has 0 unspecified atom stereocenters. The van der Waals surface area contributed by atoms with Crippen molar-refractivity contribution in [3.8, 4) is 11.3 Å². The van der Waals surface area contributed by atoms with Gasteiger partial charge in [-0.2, -0.15) is 0 Å². The Morgan fingerprint density at radius 2 is 2.11 bits per heavy atom. The summed E-state index contributed by atoms with van der Waals surface area (Å²) in [6.07, 6.45) is 1.09. The zero-order valence-electron chi connectivity index (χ0n) is 10.2. The van der Waals surface area contributed by atoms with Crippen molar-refractivity contribution in [2.24, 2.45) is 0 Å². The van der Waals surface area contributed by atoms with Crippen LogP contribution in [0, 0.1) is 5.82 Å². The van der Waals surface area contributed by atoms with Crippen molar-refractivity contribution in [1.82, 2.24) is 5.32 Å². The van der Waals surface area contributed by atoms with Crippen LogP contribution in [0.3, 0.4) is 0 Å². The maximum absolute atomic E-state index is 13.4. The Morgan fingerprint density at radius 1 is 1.28 bits per heavy atom. The van der Waals surface area contributed by atoms with Gasteiger partial charge in [-0.1, -0.05) is 6.92 Å². The molecule has 2 aromatic rings. The maximum Gasteiger partial charge on any atom is 0.138 e. The van der Waals surface area contributed by atoms with Gasteiger partial charge in [-0.25, -0.2) is 4.39 Å². The SMILES string of the molecule is CCCNCc1ccc(-c2ccc(Br)c(F)c2)o1. The van der Waals surface area contributed by atoms with Gasteiger partial charge in [-0.3, -0.25) is 0 Å². The van der Waals surface area contributed by atoms with Crippen LogP contribution >= 0.6 is 15.9 Å². The lowest BCUT2D eigenvalue weighted by atomic mass is 10.2. The third-order valence-electron chi connectivity index (χ3n) is 2.59. The van der Waals surface area contributed by atoms with Gasteiger partial charge in [0.15, 0.2) is 0 Å². The number of nitrogens with one attached hydrogen (secondary N) is 1. The lowest BCUT2D eigenvalue weighted by Crippen LogP contribution is -2.12. The molecule has 2 rings (SSSR count). The summed E-state index contributed by atoms with van der Waals surface area (Å²) < 4.78 is 19.5. The summed E-state index contributed by atoms with van der Waals surface area (Å²) in [5.41, 5.74) is 0.748. The molecular formula is C14H15BrFNO. The van der Waals surface area contributed by atoms with Crippen LogP contribution in [0.1, 0.15) is 19.1 Å². The molecule has 0 spiro atoms. The fourth-order valence-electron chi connectivity index (χ4n) is 1.67. The molecular weight excluding hydrogens is 297 g/mol. The summed E-state index contributed by atoms with van der Waals surface area (Å²) in [7, 11) is 0. The van der Waals surface area contributed by atoms with Crippen molar-refractivity contribution in [2.75, 3.05) is 6.54 Å². The summed E-state index contributed by atoms with van der Waals surface area (Å²) in [5.74, 6) is 1.27. The molecule has 0 atom stereocenters. The molecule has 1 aromatic carbocycles. The molecule has 1 heterocycles. The normalized spacial score (nSPS) is 10.8. The molecule has 2 nitrogen and oxygen atoms in total. The third-order valence-corrected chi connectivity index (χ3v) is 3.23. The van der Waals surface area contributed by atoms with Crippen LogP contribution < -0.4 is 5.32 Å². The molecule has 0 aliphatic carbocycles. The quantitative estimate of drug-likeness (QED) is 0.831. The van der Waals surface area contributed by atoms with Crippen molar-refractivity contribution in [2.45, 2.75) is 19.9 Å². The van der Waals surface area contributed by atoms with Crippen molar-refractivity contribution in [1.29, 1.82) is 0 Å². The van der Waals surface area contributed by atoms with Gasteiger partial charge >= 0.3 is 0 Å². The summed E-state index contributed by atoms with van der Waals surface area (Å²) in [6.45, 7) is 3.78. The smallest absolute Gasteiger partial charge is 0.138 e. The second-order valence-electron chi connectivity index (χ2n) is 4.07. The Labute approximate surface area is 114 Å². The van der Waals surface area contributed by atoms with Gasteiger partial charge in [0, 0.05) is 5.56 Å². The van der Waals surface area contributed by atoms with Crippen LogP contribution in [0.5, 0.6) is 0 Å². The number of halogens is 2. The number of hydrogen-bond donors (Lipinski definition) is 1. The summed E-state index contributed by atoms with van der Waals surface area (Å²) in [6, 6.07) is 8.76. The highest BCUT2D eigenvalue weighted by atomic mass is 79.9. The zero-order valence-corrected chi connectivity index (χ0v) is 11.8. The van der Waals surface area contributed by atoms with Crippen molar-refractivity contribution >= 4 is 15.9 Å². The summed E-state index contributed by atoms with van der Waals surface area (Å²) >= 11 is 3.13. The highest BCUT2D eigenvalue weighted by Crippen LogP contribution is 2.26. The lowest BCUT2D eigenvalue weighted by molar-refractivity contribution is 0.493. The monoisotopic (exact) mass is 311 g/mol. The molecule has 0 radical (unpaired) electrons. The average Bonchev–Trinajstić information content (AvgIpc) is 2.82. The van der Waals surface area contributed by atoms with E-state index in [0.29, 0.717) is 16.8 Å². The van der Waals surface area contributed by atoms with E-state index in [1.54, 1.807) is 6.07 Å². The number of benzene rings is 1. The first-order valence-corrected chi connectivity index (χ1v) is 6.75. The van der Waals surface area contributed by atoms with E-state index in [-0.39, 0.29) is 5.82 Å². The fourth-order valence-corrected chi connectivity index (χ4v) is 1.91. The minimum atomic E-state index is -0.283. The molecule has 96 valence electrons. The molecule has 0 saturated heterocycles. The fraction of sp³-hybridized carbons (Fsp3) is 0.286. The molecule has 1 aromatic heterocycles. The van der Waals surface area contributed by atoms with E-state index in [1.165, 1.54) is 6.07 Å². The molecule has 0 fully saturated rings. The second kappa shape index (κ2) is 6.16. The molecule has 0 amide bonds. The highest BCUT2D eigenvalue weighted by molar-refractivity contribution is 9.10. The van der Waals surface area contributed by atoms with Crippen LogP contribution in [-0.2, 0) is 6.54 Å². The van der Waals surface area contributed by atoms with E-state index in [0.717, 1.165) is 24.3 Å². The Kier molecular flexibility index (Phi) is 4.55. The summed E-state index contributed by atoms with van der Waals surface area (Å²) in [4.78, 5) is 0. The van der Waals surface area contributed by atoms with Gasteiger partial charge in [0.1, 0.15) is 17.3 Å². The van der Waals surface area contributed by atoms with Gasteiger partial charge in [-0.15, -0.1) is 0 Å². The Bertz CT molecular complexity index is 524. The maximum atomic E-state index is 13.4. The van der Waals surface area contributed by atoms with Crippen molar-refractivity contribution in [3.05, 3.63) is 46.4 Å². The van der Waals surface area contributed by atoms with Gasteiger partial charge in [0.2, 0.25) is 0 Å². The minimum Gasteiger partial charge on any atom is -0.460 e. The van der Waals surface area contributed by atoms with Crippen molar-refractivity contribution < 1.29 is 8.81 Å². The molecule has 4 heteroatoms. The first-order chi connectivity index (χ1) is 8.70. The number of rotatable bonds is 5. The Balaban J connectivity index is 2.11. The van der Waals surface area contributed by atoms with Crippen LogP contribution in [0.4, 0.5) is 4.39 Å². The Morgan fingerprint density at radius 3 is 2.83 bits per heavy atom. The van der Waals surface area contributed by atoms with E-state index in [2.05, 4.69) is 28.2 Å². The van der Waals surface area contributed by atoms with Crippen LogP contribution in [-0.4, -0.2) is 6.54 Å². The molecule has 0 saturated carbocycles.